The van der Waals surface area contributed by atoms with E-state index in [2.05, 4.69) is 66.0 Å². The van der Waals surface area contributed by atoms with E-state index in [1.807, 2.05) is 36.4 Å². The molecule has 1 N–H and O–H groups in total. The maximum atomic E-state index is 6.55. The monoisotopic (exact) mass is 523 g/mol. The molecule has 0 saturated carbocycles. The Morgan fingerprint density at radius 2 is 1.64 bits per heavy atom. The first-order valence-corrected chi connectivity index (χ1v) is 13.7. The highest BCUT2D eigenvalue weighted by Gasteiger charge is 2.28. The van der Waals surface area contributed by atoms with Gasteiger partial charge in [0, 0.05) is 28.8 Å². The van der Waals surface area contributed by atoms with Crippen molar-refractivity contribution in [3.63, 3.8) is 0 Å². The van der Waals surface area contributed by atoms with Crippen LogP contribution in [-0.4, -0.2) is 40.0 Å². The molecular formula is C34H37NO4. The van der Waals surface area contributed by atoms with Gasteiger partial charge in [-0.1, -0.05) is 78.9 Å². The molecule has 2 unspecified atom stereocenters. The molecule has 0 bridgehead atoms. The minimum absolute atomic E-state index is 0.0517. The minimum atomic E-state index is 0.0517. The molecule has 1 fully saturated rings. The van der Waals surface area contributed by atoms with Crippen molar-refractivity contribution in [1.29, 1.82) is 0 Å². The molecule has 0 radical (unpaired) electrons. The first kappa shape index (κ1) is 26.8. The molecule has 0 aromatic heterocycles. The second-order valence-electron chi connectivity index (χ2n) is 9.78. The zero-order chi connectivity index (χ0) is 26.9. The lowest BCUT2D eigenvalue weighted by atomic mass is 9.87. The molecule has 0 spiro atoms. The van der Waals surface area contributed by atoms with Crippen LogP contribution in [0, 0.1) is 0 Å². The van der Waals surface area contributed by atoms with Crippen LogP contribution in [-0.2, 0) is 11.3 Å². The van der Waals surface area contributed by atoms with Gasteiger partial charge in [0.1, 0.15) is 17.2 Å². The van der Waals surface area contributed by atoms with E-state index < -0.39 is 0 Å². The SMILES string of the molecule is COc1cc(COC2CNCCC2c2ccc(OCC/C=C/c3ccccc3)cc2)c(OC)c2ccccc12. The van der Waals surface area contributed by atoms with Crippen LogP contribution in [0.2, 0.25) is 0 Å². The van der Waals surface area contributed by atoms with E-state index in [1.165, 1.54) is 11.1 Å². The molecule has 39 heavy (non-hydrogen) atoms. The lowest BCUT2D eigenvalue weighted by molar-refractivity contribution is 0.00983. The van der Waals surface area contributed by atoms with Crippen molar-refractivity contribution in [2.75, 3.05) is 33.9 Å². The van der Waals surface area contributed by atoms with Crippen molar-refractivity contribution >= 4 is 16.8 Å². The maximum absolute atomic E-state index is 6.55. The summed E-state index contributed by atoms with van der Waals surface area (Å²) in [4.78, 5) is 0. The smallest absolute Gasteiger partial charge is 0.132 e. The molecule has 1 saturated heterocycles. The van der Waals surface area contributed by atoms with E-state index >= 15 is 0 Å². The van der Waals surface area contributed by atoms with Gasteiger partial charge in [0.05, 0.1) is 33.5 Å². The third kappa shape index (κ3) is 6.62. The van der Waals surface area contributed by atoms with Crippen LogP contribution < -0.4 is 19.5 Å². The second-order valence-corrected chi connectivity index (χ2v) is 9.78. The summed E-state index contributed by atoms with van der Waals surface area (Å²) in [5.74, 6) is 2.87. The number of piperidine rings is 1. The lowest BCUT2D eigenvalue weighted by Gasteiger charge is -2.33. The number of nitrogens with one attached hydrogen (secondary N) is 1. The Balaban J connectivity index is 1.21. The highest BCUT2D eigenvalue weighted by Crippen LogP contribution is 2.38. The molecule has 2 atom stereocenters. The lowest BCUT2D eigenvalue weighted by Crippen LogP contribution is -2.41. The molecule has 4 aromatic rings. The van der Waals surface area contributed by atoms with Crippen LogP contribution in [0.4, 0.5) is 0 Å². The first-order chi connectivity index (χ1) is 19.3. The standard InChI is InChI=1S/C34H37NO4/c1-36-32-22-27(34(37-2)31-14-7-6-13-30(31)32)24-39-33-23-35-20-19-29(33)26-15-17-28(18-16-26)38-21-9-8-12-25-10-4-3-5-11-25/h3-8,10-18,22,29,33,35H,9,19-21,23-24H2,1-2H3/b12-8+. The highest BCUT2D eigenvalue weighted by molar-refractivity contribution is 5.94. The predicted octanol–water partition coefficient (Wildman–Crippen LogP) is 7.00. The van der Waals surface area contributed by atoms with Gasteiger partial charge in [-0.25, -0.2) is 0 Å². The van der Waals surface area contributed by atoms with E-state index in [1.54, 1.807) is 14.2 Å². The Labute approximate surface area is 231 Å². The van der Waals surface area contributed by atoms with E-state index in [9.17, 15) is 0 Å². The normalized spacial score (nSPS) is 17.4. The number of benzene rings is 4. The van der Waals surface area contributed by atoms with Crippen LogP contribution in [0.15, 0.2) is 91.0 Å². The molecule has 5 heteroatoms. The van der Waals surface area contributed by atoms with Gasteiger partial charge in [-0.3, -0.25) is 0 Å². The molecule has 4 aromatic carbocycles. The van der Waals surface area contributed by atoms with Gasteiger partial charge >= 0.3 is 0 Å². The fourth-order valence-electron chi connectivity index (χ4n) is 5.31. The van der Waals surface area contributed by atoms with Crippen LogP contribution in [0.1, 0.15) is 35.4 Å². The Morgan fingerprint density at radius 1 is 0.872 bits per heavy atom. The van der Waals surface area contributed by atoms with Gasteiger partial charge < -0.3 is 24.3 Å². The third-order valence-electron chi connectivity index (χ3n) is 7.31. The molecule has 202 valence electrons. The largest absolute Gasteiger partial charge is 0.496 e. The summed E-state index contributed by atoms with van der Waals surface area (Å²) in [6.07, 6.45) is 6.22. The average molecular weight is 524 g/mol. The van der Waals surface area contributed by atoms with Gasteiger partial charge in [0.2, 0.25) is 0 Å². The fraction of sp³-hybridized carbons (Fsp3) is 0.294. The molecule has 5 rings (SSSR count). The fourth-order valence-corrected chi connectivity index (χ4v) is 5.31. The van der Waals surface area contributed by atoms with Crippen LogP contribution >= 0.6 is 0 Å². The van der Waals surface area contributed by atoms with Crippen molar-refractivity contribution < 1.29 is 18.9 Å². The molecule has 5 nitrogen and oxygen atoms in total. The Hall–Kier alpha value is -3.80. The zero-order valence-corrected chi connectivity index (χ0v) is 22.8. The van der Waals surface area contributed by atoms with Crippen LogP contribution in [0.25, 0.3) is 16.8 Å². The van der Waals surface area contributed by atoms with Crippen molar-refractivity contribution in [3.05, 3.63) is 108 Å². The Kier molecular flexibility index (Phi) is 9.15. The topological polar surface area (TPSA) is 49.0 Å². The molecule has 0 aliphatic carbocycles. The molecule has 1 heterocycles. The number of fused-ring (bicyclic) bond motifs is 1. The third-order valence-corrected chi connectivity index (χ3v) is 7.31. The summed E-state index contributed by atoms with van der Waals surface area (Å²) in [7, 11) is 3.42. The summed E-state index contributed by atoms with van der Waals surface area (Å²) >= 11 is 0. The number of rotatable bonds is 11. The summed E-state index contributed by atoms with van der Waals surface area (Å²) in [6, 6.07) is 29.0. The Bertz CT molecular complexity index is 1370. The van der Waals surface area contributed by atoms with Gasteiger partial charge in [-0.05, 0) is 48.7 Å². The van der Waals surface area contributed by atoms with E-state index in [0.717, 1.165) is 59.5 Å². The van der Waals surface area contributed by atoms with Crippen molar-refractivity contribution in [1.82, 2.24) is 5.32 Å². The van der Waals surface area contributed by atoms with Gasteiger partial charge in [-0.2, -0.15) is 0 Å². The second kappa shape index (κ2) is 13.3. The van der Waals surface area contributed by atoms with Crippen molar-refractivity contribution in [2.24, 2.45) is 0 Å². The zero-order valence-electron chi connectivity index (χ0n) is 22.8. The molecule has 1 aliphatic rings. The molecule has 1 aliphatic heterocycles. The van der Waals surface area contributed by atoms with E-state index in [4.69, 9.17) is 18.9 Å². The summed E-state index contributed by atoms with van der Waals surface area (Å²) < 4.78 is 24.0. The first-order valence-electron chi connectivity index (χ1n) is 13.7. The number of methoxy groups -OCH3 is 2. The van der Waals surface area contributed by atoms with Gasteiger partial charge in [0.15, 0.2) is 0 Å². The van der Waals surface area contributed by atoms with Crippen LogP contribution in [0.5, 0.6) is 17.2 Å². The predicted molar refractivity (Wildman–Crippen MR) is 158 cm³/mol. The quantitative estimate of drug-likeness (QED) is 0.215. The molecule has 0 amide bonds. The average Bonchev–Trinajstić information content (AvgIpc) is 3.00. The van der Waals surface area contributed by atoms with E-state index in [-0.39, 0.29) is 6.10 Å². The van der Waals surface area contributed by atoms with Gasteiger partial charge in [-0.15, -0.1) is 0 Å². The summed E-state index contributed by atoms with van der Waals surface area (Å²) in [6.45, 7) is 2.89. The number of hydrogen-bond acceptors (Lipinski definition) is 5. The van der Waals surface area contributed by atoms with E-state index in [0.29, 0.717) is 19.1 Å². The van der Waals surface area contributed by atoms with Gasteiger partial charge in [0.25, 0.3) is 0 Å². The maximum Gasteiger partial charge on any atom is 0.132 e. The Morgan fingerprint density at radius 3 is 2.41 bits per heavy atom. The summed E-state index contributed by atoms with van der Waals surface area (Å²) in [5.41, 5.74) is 3.47. The highest BCUT2D eigenvalue weighted by atomic mass is 16.5. The minimum Gasteiger partial charge on any atom is -0.496 e. The van der Waals surface area contributed by atoms with Crippen molar-refractivity contribution in [3.8, 4) is 17.2 Å². The number of hydrogen-bond donors (Lipinski definition) is 1. The molecular weight excluding hydrogens is 486 g/mol. The van der Waals surface area contributed by atoms with Crippen molar-refractivity contribution in [2.45, 2.75) is 31.5 Å². The number of ether oxygens (including phenoxy) is 4. The van der Waals surface area contributed by atoms with Crippen LogP contribution in [0.3, 0.4) is 0 Å². The summed E-state index contributed by atoms with van der Waals surface area (Å²) in [5, 5.41) is 5.57.